The van der Waals surface area contributed by atoms with Gasteiger partial charge in [0.05, 0.1) is 12.3 Å². The molecule has 2 aromatic rings. The number of aryl methyl sites for hydroxylation is 1. The lowest BCUT2D eigenvalue weighted by molar-refractivity contribution is 0.316. The number of aromatic nitrogens is 1. The summed E-state index contributed by atoms with van der Waals surface area (Å²) in [6, 6.07) is 11.4. The maximum atomic E-state index is 13.5. The molecule has 0 bridgehead atoms. The van der Waals surface area contributed by atoms with Crippen molar-refractivity contribution in [3.05, 3.63) is 53.6 Å². The van der Waals surface area contributed by atoms with Crippen molar-refractivity contribution in [2.45, 2.75) is 13.3 Å². The summed E-state index contributed by atoms with van der Waals surface area (Å²) < 4.78 is 19.0. The van der Waals surface area contributed by atoms with Gasteiger partial charge in [-0.25, -0.2) is 4.98 Å². The van der Waals surface area contributed by atoms with E-state index in [0.717, 1.165) is 26.2 Å². The molecule has 2 aliphatic heterocycles. The number of hydrogen-bond donors (Lipinski definition) is 1. The second kappa shape index (κ2) is 8.10. The Hall–Kier alpha value is -2.74. The van der Waals surface area contributed by atoms with Crippen LogP contribution in [0.15, 0.2) is 41.5 Å². The Kier molecular flexibility index (Phi) is 5.38. The van der Waals surface area contributed by atoms with E-state index in [9.17, 15) is 4.39 Å². The molecular formula is C20H22FN5OS. The summed E-state index contributed by atoms with van der Waals surface area (Å²) in [4.78, 5) is 8.36. The Balaban J connectivity index is 1.36. The smallest absolute Gasteiger partial charge is 0.213 e. The molecule has 6 nitrogen and oxygen atoms in total. The number of nitrogens with zero attached hydrogens (tertiary/aromatic N) is 4. The topological polar surface area (TPSA) is 53.0 Å². The van der Waals surface area contributed by atoms with E-state index in [-0.39, 0.29) is 0 Å². The van der Waals surface area contributed by atoms with Crippen LogP contribution in [0, 0.1) is 12.9 Å². The minimum absolute atomic E-state index is 0.436. The van der Waals surface area contributed by atoms with Gasteiger partial charge in [-0.3, -0.25) is 5.43 Å². The highest BCUT2D eigenvalue weighted by Crippen LogP contribution is 2.23. The Morgan fingerprint density at radius 1 is 1.14 bits per heavy atom. The Morgan fingerprint density at radius 2 is 1.89 bits per heavy atom. The van der Waals surface area contributed by atoms with E-state index < -0.39 is 5.95 Å². The molecule has 3 heterocycles. The number of halogens is 1. The molecule has 0 atom stereocenters. The van der Waals surface area contributed by atoms with Crippen LogP contribution in [0.4, 0.5) is 10.1 Å². The first-order valence-electron chi connectivity index (χ1n) is 9.33. The lowest BCUT2D eigenvalue weighted by atomic mass is 10.1. The van der Waals surface area contributed by atoms with Crippen LogP contribution >= 0.6 is 12.2 Å². The standard InChI is InChI=1S/C20H22FN5OS/c1-14-2-4-15(5-3-14)25-9-11-26(12-10-25)20(28)24-23-16-8-13-27-17-6-7-18(21)22-19(16)17/h2-7H,8-13H2,1H3,(H,24,28)/b23-16-. The number of nitrogens with one attached hydrogen (secondary N) is 1. The number of benzene rings is 1. The lowest BCUT2D eigenvalue weighted by Crippen LogP contribution is -2.51. The highest BCUT2D eigenvalue weighted by molar-refractivity contribution is 7.80. The van der Waals surface area contributed by atoms with E-state index in [2.05, 4.69) is 56.5 Å². The van der Waals surface area contributed by atoms with Crippen molar-refractivity contribution in [1.29, 1.82) is 0 Å². The molecule has 1 N–H and O–H groups in total. The average Bonchev–Trinajstić information content (AvgIpc) is 2.72. The van der Waals surface area contributed by atoms with E-state index in [1.54, 1.807) is 6.07 Å². The molecule has 1 saturated heterocycles. The van der Waals surface area contributed by atoms with Gasteiger partial charge in [-0.15, -0.1) is 0 Å². The van der Waals surface area contributed by atoms with Crippen molar-refractivity contribution in [1.82, 2.24) is 15.3 Å². The predicted molar refractivity (Wildman–Crippen MR) is 112 cm³/mol. The molecule has 0 radical (unpaired) electrons. The first kappa shape index (κ1) is 18.6. The number of rotatable bonds is 2. The predicted octanol–water partition coefficient (Wildman–Crippen LogP) is 2.71. The number of fused-ring (bicyclic) bond motifs is 1. The molecule has 0 spiro atoms. The van der Waals surface area contributed by atoms with Gasteiger partial charge in [0, 0.05) is 38.3 Å². The fourth-order valence-electron chi connectivity index (χ4n) is 3.34. The average molecular weight is 399 g/mol. The number of hydrogen-bond acceptors (Lipinski definition) is 5. The van der Waals surface area contributed by atoms with Crippen LogP contribution in [-0.2, 0) is 0 Å². The second-order valence-corrected chi connectivity index (χ2v) is 7.25. The monoisotopic (exact) mass is 399 g/mol. The largest absolute Gasteiger partial charge is 0.491 e. The van der Waals surface area contributed by atoms with E-state index in [1.807, 2.05) is 0 Å². The van der Waals surface area contributed by atoms with Crippen LogP contribution in [0.5, 0.6) is 5.75 Å². The summed E-state index contributed by atoms with van der Waals surface area (Å²) in [6.45, 7) is 6.00. The van der Waals surface area contributed by atoms with Crippen LogP contribution < -0.4 is 15.1 Å². The molecule has 2 aliphatic rings. The van der Waals surface area contributed by atoms with Gasteiger partial charge in [0.2, 0.25) is 5.95 Å². The van der Waals surface area contributed by atoms with Crippen LogP contribution in [0.2, 0.25) is 0 Å². The molecule has 1 aromatic carbocycles. The van der Waals surface area contributed by atoms with Crippen LogP contribution in [0.3, 0.4) is 0 Å². The molecule has 146 valence electrons. The minimum atomic E-state index is -0.549. The third kappa shape index (κ3) is 4.06. The first-order chi connectivity index (χ1) is 13.6. The van der Waals surface area contributed by atoms with Gasteiger partial charge in [0.15, 0.2) is 5.11 Å². The van der Waals surface area contributed by atoms with E-state index >= 15 is 0 Å². The summed E-state index contributed by atoms with van der Waals surface area (Å²) in [7, 11) is 0. The summed E-state index contributed by atoms with van der Waals surface area (Å²) in [6.07, 6.45) is 0.556. The Bertz CT molecular complexity index is 894. The molecule has 0 aliphatic carbocycles. The zero-order chi connectivity index (χ0) is 19.5. The minimum Gasteiger partial charge on any atom is -0.491 e. The molecule has 0 saturated carbocycles. The third-order valence-electron chi connectivity index (χ3n) is 4.95. The van der Waals surface area contributed by atoms with Gasteiger partial charge < -0.3 is 14.5 Å². The van der Waals surface area contributed by atoms with E-state index in [1.165, 1.54) is 17.3 Å². The van der Waals surface area contributed by atoms with Crippen molar-refractivity contribution in [3.63, 3.8) is 0 Å². The van der Waals surface area contributed by atoms with Gasteiger partial charge in [-0.2, -0.15) is 9.49 Å². The number of thiocarbonyl (C=S) groups is 1. The van der Waals surface area contributed by atoms with Gasteiger partial charge in [0.1, 0.15) is 11.4 Å². The number of hydrazone groups is 1. The van der Waals surface area contributed by atoms with Gasteiger partial charge >= 0.3 is 0 Å². The van der Waals surface area contributed by atoms with E-state index in [4.69, 9.17) is 17.0 Å². The zero-order valence-corrected chi connectivity index (χ0v) is 16.5. The van der Waals surface area contributed by atoms with E-state index in [0.29, 0.717) is 35.3 Å². The van der Waals surface area contributed by atoms with Gasteiger partial charge in [-0.05, 0) is 43.4 Å². The zero-order valence-electron chi connectivity index (χ0n) is 15.7. The van der Waals surface area contributed by atoms with Crippen molar-refractivity contribution in [2.75, 3.05) is 37.7 Å². The summed E-state index contributed by atoms with van der Waals surface area (Å²) in [5, 5.41) is 4.96. The molecule has 0 amide bonds. The second-order valence-electron chi connectivity index (χ2n) is 6.86. The summed E-state index contributed by atoms with van der Waals surface area (Å²) >= 11 is 5.50. The highest BCUT2D eigenvalue weighted by atomic mass is 32.1. The normalized spacial score (nSPS) is 17.9. The van der Waals surface area contributed by atoms with Crippen molar-refractivity contribution in [2.24, 2.45) is 5.10 Å². The quantitative estimate of drug-likeness (QED) is 0.476. The molecular weight excluding hydrogens is 377 g/mol. The van der Waals surface area contributed by atoms with Crippen molar-refractivity contribution >= 4 is 28.7 Å². The Morgan fingerprint density at radius 3 is 2.64 bits per heavy atom. The number of ether oxygens (including phenoxy) is 1. The number of anilines is 1. The van der Waals surface area contributed by atoms with Crippen LogP contribution in [0.1, 0.15) is 17.7 Å². The molecule has 8 heteroatoms. The number of pyridine rings is 1. The maximum absolute atomic E-state index is 13.5. The van der Waals surface area contributed by atoms with Crippen LogP contribution in [0.25, 0.3) is 0 Å². The van der Waals surface area contributed by atoms with Crippen LogP contribution in [-0.4, -0.2) is 53.5 Å². The van der Waals surface area contributed by atoms with Gasteiger partial charge in [0.25, 0.3) is 0 Å². The molecule has 1 fully saturated rings. The maximum Gasteiger partial charge on any atom is 0.213 e. The number of piperazine rings is 1. The molecule has 1 aromatic heterocycles. The Labute approximate surface area is 169 Å². The highest BCUT2D eigenvalue weighted by Gasteiger charge is 2.21. The summed E-state index contributed by atoms with van der Waals surface area (Å²) in [5.41, 5.74) is 6.54. The molecule has 4 rings (SSSR count). The fourth-order valence-corrected chi connectivity index (χ4v) is 3.57. The SMILES string of the molecule is Cc1ccc(N2CCN(C(=S)N/N=C3/CCOc4ccc(F)nc43)CC2)cc1. The van der Waals surface area contributed by atoms with Gasteiger partial charge in [-0.1, -0.05) is 17.7 Å². The first-order valence-corrected chi connectivity index (χ1v) is 9.74. The van der Waals surface area contributed by atoms with Crippen molar-refractivity contribution < 1.29 is 9.13 Å². The lowest BCUT2D eigenvalue weighted by Gasteiger charge is -2.37. The fraction of sp³-hybridized carbons (Fsp3) is 0.350. The third-order valence-corrected chi connectivity index (χ3v) is 5.30. The molecule has 28 heavy (non-hydrogen) atoms. The van der Waals surface area contributed by atoms with Crippen molar-refractivity contribution in [3.8, 4) is 5.75 Å². The summed E-state index contributed by atoms with van der Waals surface area (Å²) in [5.74, 6) is -0.00224. The molecule has 0 unspecified atom stereocenters.